The van der Waals surface area contributed by atoms with Gasteiger partial charge in [0.15, 0.2) is 22.9 Å². The molecule has 1 heterocycles. The monoisotopic (exact) mass is 455 g/mol. The van der Waals surface area contributed by atoms with E-state index in [0.717, 1.165) is 0 Å². The van der Waals surface area contributed by atoms with Crippen LogP contribution in [0.3, 0.4) is 0 Å². The highest BCUT2D eigenvalue weighted by atomic mass is 16.5. The zero-order valence-corrected chi connectivity index (χ0v) is 17.6. The summed E-state index contributed by atoms with van der Waals surface area (Å²) in [6.45, 7) is -0.675. The number of carbonyl (C=O) groups excluding carboxylic acids is 1. The van der Waals surface area contributed by atoms with Gasteiger partial charge >= 0.3 is 5.97 Å². The van der Waals surface area contributed by atoms with E-state index in [4.69, 9.17) is 14.6 Å². The zero-order valence-electron chi connectivity index (χ0n) is 17.6. The molecule has 0 fully saturated rings. The lowest BCUT2D eigenvalue weighted by Crippen LogP contribution is -2.30. The summed E-state index contributed by atoms with van der Waals surface area (Å²) >= 11 is 0. The fourth-order valence-electron chi connectivity index (χ4n) is 3.18. The number of ether oxygens (including phenoxy) is 2. The molecule has 4 rings (SSSR count). The predicted octanol–water partition coefficient (Wildman–Crippen LogP) is 4.21. The highest BCUT2D eigenvalue weighted by molar-refractivity contribution is 6.04. The number of benzene rings is 3. The molecule has 34 heavy (non-hydrogen) atoms. The van der Waals surface area contributed by atoms with Gasteiger partial charge in [-0.3, -0.25) is 9.59 Å². The summed E-state index contributed by atoms with van der Waals surface area (Å²) in [6.07, 6.45) is 0. The van der Waals surface area contributed by atoms with Crippen molar-refractivity contribution in [2.45, 2.75) is 0 Å². The third-order valence-electron chi connectivity index (χ3n) is 4.71. The SMILES string of the molecule is N#Cc1nc(C(=O)NCC(=O)O)c(O)c2cc(Oc3ccccc3)c(Oc3ccccc3)cc12. The van der Waals surface area contributed by atoms with Gasteiger partial charge in [0.2, 0.25) is 0 Å². The van der Waals surface area contributed by atoms with Crippen molar-refractivity contribution in [2.24, 2.45) is 0 Å². The van der Waals surface area contributed by atoms with Crippen molar-refractivity contribution in [3.8, 4) is 34.8 Å². The molecule has 1 aromatic heterocycles. The second-order valence-electron chi connectivity index (χ2n) is 7.02. The molecule has 0 aliphatic rings. The number of aromatic nitrogens is 1. The van der Waals surface area contributed by atoms with Crippen LogP contribution in [-0.2, 0) is 4.79 Å². The molecule has 0 aliphatic carbocycles. The second kappa shape index (κ2) is 9.58. The number of hydrogen-bond acceptors (Lipinski definition) is 7. The van der Waals surface area contributed by atoms with Crippen LogP contribution < -0.4 is 14.8 Å². The normalized spacial score (nSPS) is 10.3. The average molecular weight is 455 g/mol. The van der Waals surface area contributed by atoms with Crippen LogP contribution in [0.2, 0.25) is 0 Å². The molecule has 0 atom stereocenters. The van der Waals surface area contributed by atoms with Crippen LogP contribution >= 0.6 is 0 Å². The number of carbonyl (C=O) groups is 2. The molecule has 0 radical (unpaired) electrons. The highest BCUT2D eigenvalue weighted by Gasteiger charge is 2.22. The van der Waals surface area contributed by atoms with E-state index in [-0.39, 0.29) is 28.0 Å². The van der Waals surface area contributed by atoms with E-state index in [0.29, 0.717) is 11.5 Å². The van der Waals surface area contributed by atoms with Crippen molar-refractivity contribution in [1.82, 2.24) is 10.3 Å². The molecule has 3 N–H and O–H groups in total. The maximum absolute atomic E-state index is 12.4. The first-order chi connectivity index (χ1) is 16.5. The molecule has 4 aromatic rings. The van der Waals surface area contributed by atoms with E-state index in [1.165, 1.54) is 12.1 Å². The van der Waals surface area contributed by atoms with Crippen LogP contribution in [0.1, 0.15) is 16.2 Å². The van der Waals surface area contributed by atoms with Crippen molar-refractivity contribution in [3.63, 3.8) is 0 Å². The maximum Gasteiger partial charge on any atom is 0.322 e. The Balaban J connectivity index is 1.87. The molecule has 3 aromatic carbocycles. The smallest absolute Gasteiger partial charge is 0.322 e. The Labute approximate surface area is 193 Å². The number of carboxylic acid groups (broad SMARTS) is 1. The lowest BCUT2D eigenvalue weighted by molar-refractivity contribution is -0.135. The van der Waals surface area contributed by atoms with Crippen molar-refractivity contribution >= 4 is 22.6 Å². The highest BCUT2D eigenvalue weighted by Crippen LogP contribution is 2.42. The van der Waals surface area contributed by atoms with Crippen LogP contribution in [0.4, 0.5) is 0 Å². The standard InChI is InChI=1S/C25H17N3O6/c26-13-19-17-11-20(33-15-7-3-1-4-8-15)21(34-16-9-5-2-6-10-16)12-18(17)24(31)23(28-19)25(32)27-14-22(29)30/h1-12,31H,14H2,(H,27,32)(H,29,30). The number of nitrogens with one attached hydrogen (secondary N) is 1. The largest absolute Gasteiger partial charge is 0.505 e. The molecule has 1 amide bonds. The van der Waals surface area contributed by atoms with Crippen LogP contribution in [0.5, 0.6) is 28.7 Å². The van der Waals surface area contributed by atoms with Gasteiger partial charge in [0.1, 0.15) is 29.8 Å². The number of nitrogens with zero attached hydrogens (tertiary/aromatic N) is 2. The number of rotatable bonds is 7. The Hall–Kier alpha value is -5.10. The Morgan fingerprint density at radius 2 is 1.44 bits per heavy atom. The number of carboxylic acids is 1. The number of fused-ring (bicyclic) bond motifs is 1. The third kappa shape index (κ3) is 4.71. The minimum absolute atomic E-state index is 0.110. The van der Waals surface area contributed by atoms with Crippen LogP contribution in [-0.4, -0.2) is 33.6 Å². The molecule has 0 bridgehead atoms. The summed E-state index contributed by atoms with van der Waals surface area (Å²) in [6, 6.07) is 22.6. The van der Waals surface area contributed by atoms with E-state index < -0.39 is 29.9 Å². The minimum atomic E-state index is -1.27. The number of para-hydroxylation sites is 2. The van der Waals surface area contributed by atoms with Gasteiger partial charge in [-0.2, -0.15) is 5.26 Å². The summed E-state index contributed by atoms with van der Waals surface area (Å²) in [5.74, 6) is -1.26. The van der Waals surface area contributed by atoms with Crippen LogP contribution in [0, 0.1) is 11.3 Å². The van der Waals surface area contributed by atoms with Crippen molar-refractivity contribution in [3.05, 3.63) is 84.2 Å². The quantitative estimate of drug-likeness (QED) is 0.376. The number of amides is 1. The Morgan fingerprint density at radius 1 is 0.912 bits per heavy atom. The van der Waals surface area contributed by atoms with Gasteiger partial charge < -0.3 is 25.0 Å². The lowest BCUT2D eigenvalue weighted by atomic mass is 10.1. The molecule has 0 aliphatic heterocycles. The van der Waals surface area contributed by atoms with Gasteiger partial charge in [0.05, 0.1) is 0 Å². The zero-order chi connectivity index (χ0) is 24.1. The van der Waals surface area contributed by atoms with Gasteiger partial charge in [-0.05, 0) is 36.4 Å². The summed E-state index contributed by atoms with van der Waals surface area (Å²) in [7, 11) is 0. The Morgan fingerprint density at radius 3 is 1.94 bits per heavy atom. The maximum atomic E-state index is 12.4. The number of nitriles is 1. The molecular formula is C25H17N3O6. The van der Waals surface area contributed by atoms with E-state index in [1.54, 1.807) is 48.5 Å². The first-order valence-corrected chi connectivity index (χ1v) is 10.0. The molecule has 0 saturated heterocycles. The summed E-state index contributed by atoms with van der Waals surface area (Å²) in [4.78, 5) is 27.1. The number of pyridine rings is 1. The summed E-state index contributed by atoms with van der Waals surface area (Å²) in [5, 5.41) is 31.7. The Bertz CT molecular complexity index is 1420. The van der Waals surface area contributed by atoms with E-state index in [9.17, 15) is 20.0 Å². The second-order valence-corrected chi connectivity index (χ2v) is 7.02. The van der Waals surface area contributed by atoms with Crippen LogP contribution in [0.25, 0.3) is 10.8 Å². The topological polar surface area (TPSA) is 142 Å². The lowest BCUT2D eigenvalue weighted by Gasteiger charge is -2.15. The van der Waals surface area contributed by atoms with Gasteiger partial charge in [0, 0.05) is 10.8 Å². The third-order valence-corrected chi connectivity index (χ3v) is 4.71. The van der Waals surface area contributed by atoms with Crippen molar-refractivity contribution in [2.75, 3.05) is 6.54 Å². The van der Waals surface area contributed by atoms with Gasteiger partial charge in [-0.15, -0.1) is 0 Å². The predicted molar refractivity (Wildman–Crippen MR) is 121 cm³/mol. The van der Waals surface area contributed by atoms with E-state index in [1.807, 2.05) is 18.2 Å². The van der Waals surface area contributed by atoms with Gasteiger partial charge in [-0.25, -0.2) is 4.98 Å². The molecule has 9 heteroatoms. The summed E-state index contributed by atoms with van der Waals surface area (Å²) < 4.78 is 12.0. The molecule has 0 saturated carbocycles. The van der Waals surface area contributed by atoms with Crippen molar-refractivity contribution in [1.29, 1.82) is 5.26 Å². The molecular weight excluding hydrogens is 438 g/mol. The van der Waals surface area contributed by atoms with Crippen molar-refractivity contribution < 1.29 is 29.3 Å². The average Bonchev–Trinajstić information content (AvgIpc) is 2.85. The Kier molecular flexibility index (Phi) is 6.23. The van der Waals surface area contributed by atoms with Gasteiger partial charge in [-0.1, -0.05) is 36.4 Å². The van der Waals surface area contributed by atoms with E-state index >= 15 is 0 Å². The van der Waals surface area contributed by atoms with Gasteiger partial charge in [0.25, 0.3) is 5.91 Å². The van der Waals surface area contributed by atoms with E-state index in [2.05, 4.69) is 10.3 Å². The summed E-state index contributed by atoms with van der Waals surface area (Å²) in [5.41, 5.74) is -0.634. The first kappa shape index (κ1) is 22.1. The van der Waals surface area contributed by atoms with Crippen LogP contribution in [0.15, 0.2) is 72.8 Å². The molecule has 9 nitrogen and oxygen atoms in total. The fourth-order valence-corrected chi connectivity index (χ4v) is 3.18. The number of aromatic hydroxyl groups is 1. The number of hydrogen-bond donors (Lipinski definition) is 3. The fraction of sp³-hybridized carbons (Fsp3) is 0.0400. The molecule has 0 spiro atoms. The minimum Gasteiger partial charge on any atom is -0.505 e. The molecule has 168 valence electrons. The first-order valence-electron chi connectivity index (χ1n) is 10.0. The molecule has 0 unspecified atom stereocenters. The number of aliphatic carboxylic acids is 1.